The van der Waals surface area contributed by atoms with Crippen LogP contribution in [0.3, 0.4) is 0 Å². The highest BCUT2D eigenvalue weighted by atomic mass is 16.7. The predicted octanol–water partition coefficient (Wildman–Crippen LogP) is 2.27. The maximum absolute atomic E-state index is 8.72. The standard InChI is InChI=1S/C16H24BNO3/c1-15(2)16(3,4)21-17(20-15)14-7-5-6-13(18-14)12-8-10-19-11-9-12/h5-7,12H,8-11H2,1-4H3/i8D2,9D2,12D. The van der Waals surface area contributed by atoms with Crippen molar-refractivity contribution in [2.75, 3.05) is 13.2 Å². The average Bonchev–Trinajstić information content (AvgIpc) is 2.73. The molecule has 3 rings (SSSR count). The summed E-state index contributed by atoms with van der Waals surface area (Å²) in [6, 6.07) is 4.78. The Balaban J connectivity index is 2.02. The van der Waals surface area contributed by atoms with Crippen LogP contribution in [0.15, 0.2) is 18.2 Å². The molecule has 2 saturated heterocycles. The Morgan fingerprint density at radius 2 is 1.81 bits per heavy atom. The Morgan fingerprint density at radius 3 is 2.43 bits per heavy atom. The van der Waals surface area contributed by atoms with E-state index in [4.69, 9.17) is 20.9 Å². The first kappa shape index (κ1) is 9.98. The number of pyridine rings is 1. The highest BCUT2D eigenvalue weighted by Gasteiger charge is 2.52. The number of rotatable bonds is 2. The summed E-state index contributed by atoms with van der Waals surface area (Å²) in [5.74, 6) is -2.21. The van der Waals surface area contributed by atoms with E-state index < -0.39 is 37.0 Å². The third-order valence-electron chi connectivity index (χ3n) is 4.22. The lowest BCUT2D eigenvalue weighted by Crippen LogP contribution is -2.41. The van der Waals surface area contributed by atoms with Crippen molar-refractivity contribution in [1.82, 2.24) is 4.98 Å². The average molecular weight is 294 g/mol. The third kappa shape index (κ3) is 2.87. The molecule has 0 atom stereocenters. The summed E-state index contributed by atoms with van der Waals surface area (Å²) in [6.45, 7) is 6.94. The Kier molecular flexibility index (Phi) is 2.56. The minimum Gasteiger partial charge on any atom is -0.398 e. The smallest absolute Gasteiger partial charge is 0.398 e. The molecule has 2 fully saturated rings. The summed E-state index contributed by atoms with van der Waals surface area (Å²) in [6.07, 6.45) is -4.48. The van der Waals surface area contributed by atoms with Gasteiger partial charge in [0, 0.05) is 31.7 Å². The van der Waals surface area contributed by atoms with Crippen LogP contribution in [0.4, 0.5) is 0 Å². The molecule has 0 aliphatic carbocycles. The zero-order chi connectivity index (χ0) is 19.6. The molecule has 5 heteroatoms. The van der Waals surface area contributed by atoms with Crippen LogP contribution in [-0.4, -0.2) is 36.5 Å². The second kappa shape index (κ2) is 5.38. The van der Waals surface area contributed by atoms with E-state index in [-0.39, 0.29) is 18.9 Å². The van der Waals surface area contributed by atoms with Gasteiger partial charge in [0.15, 0.2) is 0 Å². The molecule has 0 amide bonds. The molecule has 2 aliphatic rings. The molecule has 2 aliphatic heterocycles. The number of aromatic nitrogens is 1. The van der Waals surface area contributed by atoms with E-state index in [2.05, 4.69) is 4.98 Å². The van der Waals surface area contributed by atoms with Crippen LogP contribution in [-0.2, 0) is 14.0 Å². The fourth-order valence-electron chi connectivity index (χ4n) is 2.23. The van der Waals surface area contributed by atoms with Crippen molar-refractivity contribution in [3.63, 3.8) is 0 Å². The van der Waals surface area contributed by atoms with Crippen molar-refractivity contribution in [1.29, 1.82) is 0 Å². The highest BCUT2D eigenvalue weighted by molar-refractivity contribution is 6.61. The molecule has 1 aromatic rings. The van der Waals surface area contributed by atoms with Gasteiger partial charge in [-0.25, -0.2) is 0 Å². The molecule has 1 aromatic heterocycles. The van der Waals surface area contributed by atoms with Crippen molar-refractivity contribution in [2.24, 2.45) is 0 Å². The third-order valence-corrected chi connectivity index (χ3v) is 4.22. The first-order valence-electron chi connectivity index (χ1n) is 9.64. The van der Waals surface area contributed by atoms with Gasteiger partial charge in [-0.05, 0) is 52.6 Å². The van der Waals surface area contributed by atoms with Crippen LogP contribution < -0.4 is 5.59 Å². The minimum absolute atomic E-state index is 0.00279. The molecule has 0 unspecified atom stereocenters. The van der Waals surface area contributed by atoms with Gasteiger partial charge in [0.1, 0.15) is 0 Å². The Morgan fingerprint density at radius 1 is 1.19 bits per heavy atom. The molecule has 21 heavy (non-hydrogen) atoms. The molecule has 0 spiro atoms. The van der Waals surface area contributed by atoms with Crippen LogP contribution in [0, 0.1) is 0 Å². The molecule has 114 valence electrons. The monoisotopic (exact) mass is 294 g/mol. The lowest BCUT2D eigenvalue weighted by molar-refractivity contribution is 0.00578. The highest BCUT2D eigenvalue weighted by Crippen LogP contribution is 2.36. The predicted molar refractivity (Wildman–Crippen MR) is 82.7 cm³/mol. The zero-order valence-electron chi connectivity index (χ0n) is 17.9. The van der Waals surface area contributed by atoms with Crippen LogP contribution in [0.25, 0.3) is 0 Å². The van der Waals surface area contributed by atoms with E-state index in [1.54, 1.807) is 12.1 Å². The van der Waals surface area contributed by atoms with Crippen molar-refractivity contribution in [3.8, 4) is 0 Å². The SMILES string of the molecule is [2H]C1([2H])COCC([2H])([2H])C1([2H])c1cccc(B2OC(C)(C)C(C)(C)O2)n1. The van der Waals surface area contributed by atoms with Crippen LogP contribution in [0.1, 0.15) is 58.9 Å². The molecule has 0 saturated carbocycles. The van der Waals surface area contributed by atoms with Gasteiger partial charge in [-0.1, -0.05) is 6.07 Å². The molecule has 0 aromatic carbocycles. The summed E-state index contributed by atoms with van der Waals surface area (Å²) in [7, 11) is -0.764. The van der Waals surface area contributed by atoms with Crippen molar-refractivity contribution in [3.05, 3.63) is 23.9 Å². The fourth-order valence-corrected chi connectivity index (χ4v) is 2.23. The summed E-state index contributed by atoms with van der Waals surface area (Å²) in [4.78, 5) is 4.40. The molecule has 0 N–H and O–H groups in total. The normalized spacial score (nSPS) is 35.0. The molecule has 4 nitrogen and oxygen atoms in total. The first-order chi connectivity index (χ1) is 11.7. The fraction of sp³-hybridized carbons (Fsp3) is 0.688. The Bertz CT molecular complexity index is 681. The number of ether oxygens (including phenoxy) is 1. The minimum atomic E-state index is -2.24. The first-order valence-corrected chi connectivity index (χ1v) is 7.14. The van der Waals surface area contributed by atoms with Gasteiger partial charge < -0.3 is 14.0 Å². The summed E-state index contributed by atoms with van der Waals surface area (Å²) < 4.78 is 58.5. The van der Waals surface area contributed by atoms with Gasteiger partial charge >= 0.3 is 7.12 Å². The number of hydrogen-bond acceptors (Lipinski definition) is 4. The zero-order valence-corrected chi connectivity index (χ0v) is 12.9. The number of nitrogens with zero attached hydrogens (tertiary/aromatic N) is 1. The van der Waals surface area contributed by atoms with E-state index >= 15 is 0 Å². The molecule has 0 radical (unpaired) electrons. The maximum Gasteiger partial charge on any atom is 0.514 e. The van der Waals surface area contributed by atoms with Crippen molar-refractivity contribution < 1.29 is 20.9 Å². The van der Waals surface area contributed by atoms with E-state index in [0.29, 0.717) is 5.59 Å². The van der Waals surface area contributed by atoms with Gasteiger partial charge in [-0.2, -0.15) is 0 Å². The van der Waals surface area contributed by atoms with E-state index in [9.17, 15) is 0 Å². The van der Waals surface area contributed by atoms with E-state index in [1.807, 2.05) is 27.7 Å². The molecule has 3 heterocycles. The molecule has 0 bridgehead atoms. The Hall–Kier alpha value is -0.905. The molecular weight excluding hydrogens is 265 g/mol. The van der Waals surface area contributed by atoms with Crippen molar-refractivity contribution in [2.45, 2.75) is 57.5 Å². The lowest BCUT2D eigenvalue weighted by Gasteiger charge is -2.32. The van der Waals surface area contributed by atoms with Crippen LogP contribution in [0.2, 0.25) is 0 Å². The number of hydrogen-bond donors (Lipinski definition) is 0. The quantitative estimate of drug-likeness (QED) is 0.785. The summed E-state index contributed by atoms with van der Waals surface area (Å²) in [5, 5.41) is 0. The van der Waals surface area contributed by atoms with Crippen LogP contribution >= 0.6 is 0 Å². The Labute approximate surface area is 134 Å². The second-order valence-electron chi connectivity index (χ2n) is 6.26. The maximum atomic E-state index is 8.72. The summed E-state index contributed by atoms with van der Waals surface area (Å²) >= 11 is 0. The van der Waals surface area contributed by atoms with Crippen molar-refractivity contribution >= 4 is 12.7 Å². The largest absolute Gasteiger partial charge is 0.514 e. The van der Waals surface area contributed by atoms with Gasteiger partial charge in [0.2, 0.25) is 0 Å². The van der Waals surface area contributed by atoms with Gasteiger partial charge in [-0.15, -0.1) is 0 Å². The molecular formula is C16H24BNO3. The van der Waals surface area contributed by atoms with Gasteiger partial charge in [0.25, 0.3) is 0 Å². The summed E-state index contributed by atoms with van der Waals surface area (Å²) in [5.41, 5.74) is -0.722. The van der Waals surface area contributed by atoms with Gasteiger partial charge in [-0.3, -0.25) is 4.98 Å². The van der Waals surface area contributed by atoms with Crippen LogP contribution in [0.5, 0.6) is 0 Å². The van der Waals surface area contributed by atoms with E-state index in [1.165, 1.54) is 6.07 Å². The van der Waals surface area contributed by atoms with E-state index in [0.717, 1.165) is 0 Å². The van der Waals surface area contributed by atoms with Gasteiger partial charge in [0.05, 0.1) is 16.8 Å². The topological polar surface area (TPSA) is 40.6 Å². The second-order valence-corrected chi connectivity index (χ2v) is 6.26. The lowest BCUT2D eigenvalue weighted by atomic mass is 9.83.